The fourth-order valence-electron chi connectivity index (χ4n) is 2.38. The number of pyridine rings is 1. The molecular formula is C15H14FNO2. The number of aromatic nitrogens is 1. The Hall–Kier alpha value is -2.10. The maximum atomic E-state index is 13.7. The topological polar surface area (TPSA) is 31.4 Å². The minimum atomic E-state index is -0.450. The van der Waals surface area contributed by atoms with E-state index < -0.39 is 5.82 Å². The van der Waals surface area contributed by atoms with E-state index in [2.05, 4.69) is 4.98 Å². The molecule has 0 saturated carbocycles. The fraction of sp³-hybridized carbons (Fsp3) is 0.267. The van der Waals surface area contributed by atoms with E-state index in [4.69, 9.17) is 9.47 Å². The Bertz CT molecular complexity index is 613. The third-order valence-corrected chi connectivity index (χ3v) is 3.27. The van der Waals surface area contributed by atoms with Crippen LogP contribution in [0.5, 0.6) is 11.6 Å². The van der Waals surface area contributed by atoms with E-state index in [1.54, 1.807) is 6.20 Å². The molecule has 0 spiro atoms. The van der Waals surface area contributed by atoms with Gasteiger partial charge in [0.05, 0.1) is 13.7 Å². The van der Waals surface area contributed by atoms with Crippen LogP contribution in [-0.4, -0.2) is 18.7 Å². The molecule has 0 bridgehead atoms. The molecule has 1 aromatic heterocycles. The van der Waals surface area contributed by atoms with E-state index in [9.17, 15) is 4.39 Å². The largest absolute Gasteiger partial charge is 0.493 e. The van der Waals surface area contributed by atoms with Crippen LogP contribution in [-0.2, 0) is 6.42 Å². The van der Waals surface area contributed by atoms with Crippen molar-refractivity contribution < 1.29 is 13.9 Å². The standard InChI is InChI=1S/C15H14FNO2/c1-18-15-13(16)8-10(9-17-15)11-4-2-6-14-12(11)5-3-7-19-14/h2,4,6,8-9H,3,5,7H2,1H3. The summed E-state index contributed by atoms with van der Waals surface area (Å²) < 4.78 is 24.2. The van der Waals surface area contributed by atoms with Gasteiger partial charge < -0.3 is 9.47 Å². The second-order valence-corrected chi connectivity index (χ2v) is 4.45. The minimum Gasteiger partial charge on any atom is -0.493 e. The van der Waals surface area contributed by atoms with E-state index in [0.29, 0.717) is 0 Å². The first-order valence-corrected chi connectivity index (χ1v) is 6.24. The van der Waals surface area contributed by atoms with Crippen LogP contribution in [0.2, 0.25) is 0 Å². The van der Waals surface area contributed by atoms with Gasteiger partial charge in [-0.05, 0) is 30.5 Å². The van der Waals surface area contributed by atoms with E-state index in [1.165, 1.54) is 13.2 Å². The van der Waals surface area contributed by atoms with E-state index >= 15 is 0 Å². The summed E-state index contributed by atoms with van der Waals surface area (Å²) in [5.41, 5.74) is 2.85. The predicted octanol–water partition coefficient (Wildman–Crippen LogP) is 3.22. The van der Waals surface area contributed by atoms with Crippen LogP contribution >= 0.6 is 0 Å². The first-order chi connectivity index (χ1) is 9.29. The van der Waals surface area contributed by atoms with Crippen molar-refractivity contribution in [1.29, 1.82) is 0 Å². The van der Waals surface area contributed by atoms with Gasteiger partial charge in [-0.15, -0.1) is 0 Å². The number of methoxy groups -OCH3 is 1. The van der Waals surface area contributed by atoms with Gasteiger partial charge in [0.15, 0.2) is 5.82 Å². The van der Waals surface area contributed by atoms with Crippen molar-refractivity contribution in [2.45, 2.75) is 12.8 Å². The zero-order valence-corrected chi connectivity index (χ0v) is 10.6. The van der Waals surface area contributed by atoms with Crippen molar-refractivity contribution in [3.63, 3.8) is 0 Å². The summed E-state index contributed by atoms with van der Waals surface area (Å²) in [6.45, 7) is 0.742. The number of nitrogens with zero attached hydrogens (tertiary/aromatic N) is 1. The quantitative estimate of drug-likeness (QED) is 0.829. The lowest BCUT2D eigenvalue weighted by Gasteiger charge is -2.20. The molecule has 1 aliphatic rings. The molecule has 19 heavy (non-hydrogen) atoms. The van der Waals surface area contributed by atoms with Crippen LogP contribution in [0.3, 0.4) is 0 Å². The smallest absolute Gasteiger partial charge is 0.250 e. The molecule has 1 aromatic carbocycles. The van der Waals surface area contributed by atoms with Crippen molar-refractivity contribution in [2.75, 3.05) is 13.7 Å². The Morgan fingerprint density at radius 3 is 3.05 bits per heavy atom. The third-order valence-electron chi connectivity index (χ3n) is 3.27. The molecule has 0 aliphatic carbocycles. The molecule has 0 amide bonds. The molecule has 0 atom stereocenters. The Balaban J connectivity index is 2.09. The zero-order valence-electron chi connectivity index (χ0n) is 10.6. The highest BCUT2D eigenvalue weighted by molar-refractivity contribution is 5.70. The van der Waals surface area contributed by atoms with Crippen LogP contribution in [0.15, 0.2) is 30.5 Å². The van der Waals surface area contributed by atoms with Gasteiger partial charge in [0.2, 0.25) is 5.88 Å². The first kappa shape index (κ1) is 12.0. The summed E-state index contributed by atoms with van der Waals surface area (Å²) in [5, 5.41) is 0. The summed E-state index contributed by atoms with van der Waals surface area (Å²) in [5.74, 6) is 0.458. The first-order valence-electron chi connectivity index (χ1n) is 6.24. The number of benzene rings is 1. The number of ether oxygens (including phenoxy) is 2. The molecule has 3 nitrogen and oxygen atoms in total. The van der Waals surface area contributed by atoms with Crippen LogP contribution in [0.25, 0.3) is 11.1 Å². The summed E-state index contributed by atoms with van der Waals surface area (Å²) in [7, 11) is 1.41. The highest BCUT2D eigenvalue weighted by Gasteiger charge is 2.16. The molecule has 2 aromatic rings. The van der Waals surface area contributed by atoms with E-state index in [0.717, 1.165) is 41.9 Å². The third kappa shape index (κ3) is 2.14. The van der Waals surface area contributed by atoms with E-state index in [-0.39, 0.29) is 5.88 Å². The Morgan fingerprint density at radius 2 is 2.26 bits per heavy atom. The lowest BCUT2D eigenvalue weighted by atomic mass is 9.95. The molecule has 0 fully saturated rings. The second kappa shape index (κ2) is 4.88. The summed E-state index contributed by atoms with van der Waals surface area (Å²) in [4.78, 5) is 3.98. The summed E-state index contributed by atoms with van der Waals surface area (Å²) in [6.07, 6.45) is 3.56. The SMILES string of the molecule is COc1ncc(-c2cccc3c2CCCO3)cc1F. The fourth-order valence-corrected chi connectivity index (χ4v) is 2.38. The van der Waals surface area contributed by atoms with Gasteiger partial charge >= 0.3 is 0 Å². The summed E-state index contributed by atoms with van der Waals surface area (Å²) in [6, 6.07) is 7.29. The number of rotatable bonds is 2. The maximum absolute atomic E-state index is 13.7. The van der Waals surface area contributed by atoms with Gasteiger partial charge in [-0.25, -0.2) is 9.37 Å². The van der Waals surface area contributed by atoms with Gasteiger partial charge in [-0.2, -0.15) is 0 Å². The summed E-state index contributed by atoms with van der Waals surface area (Å²) >= 11 is 0. The molecule has 2 heterocycles. The molecule has 0 saturated heterocycles. The van der Waals surface area contributed by atoms with Crippen LogP contribution in [0, 0.1) is 5.82 Å². The molecular weight excluding hydrogens is 245 g/mol. The monoisotopic (exact) mass is 259 g/mol. The van der Waals surface area contributed by atoms with Gasteiger partial charge in [0.25, 0.3) is 0 Å². The van der Waals surface area contributed by atoms with Gasteiger partial charge in [-0.1, -0.05) is 12.1 Å². The normalized spacial score (nSPS) is 13.6. The lowest BCUT2D eigenvalue weighted by Crippen LogP contribution is -2.09. The van der Waals surface area contributed by atoms with Crippen LogP contribution < -0.4 is 9.47 Å². The Kier molecular flexibility index (Phi) is 3.07. The number of hydrogen-bond donors (Lipinski definition) is 0. The minimum absolute atomic E-state index is 0.0183. The molecule has 3 rings (SSSR count). The Morgan fingerprint density at radius 1 is 1.37 bits per heavy atom. The average molecular weight is 259 g/mol. The number of hydrogen-bond acceptors (Lipinski definition) is 3. The van der Waals surface area contributed by atoms with Gasteiger partial charge in [0.1, 0.15) is 5.75 Å². The molecule has 1 aliphatic heterocycles. The van der Waals surface area contributed by atoms with E-state index in [1.807, 2.05) is 18.2 Å². The van der Waals surface area contributed by atoms with Crippen molar-refractivity contribution in [2.24, 2.45) is 0 Å². The van der Waals surface area contributed by atoms with Crippen LogP contribution in [0.1, 0.15) is 12.0 Å². The average Bonchev–Trinajstić information content (AvgIpc) is 2.46. The van der Waals surface area contributed by atoms with Crippen molar-refractivity contribution in [3.05, 3.63) is 41.8 Å². The maximum Gasteiger partial charge on any atom is 0.250 e. The second-order valence-electron chi connectivity index (χ2n) is 4.45. The van der Waals surface area contributed by atoms with Crippen LogP contribution in [0.4, 0.5) is 4.39 Å². The Labute approximate surface area is 111 Å². The molecule has 0 radical (unpaired) electrons. The van der Waals surface area contributed by atoms with Gasteiger partial charge in [-0.3, -0.25) is 0 Å². The molecule has 0 unspecified atom stereocenters. The highest BCUT2D eigenvalue weighted by atomic mass is 19.1. The highest BCUT2D eigenvalue weighted by Crippen LogP contribution is 2.34. The molecule has 4 heteroatoms. The predicted molar refractivity (Wildman–Crippen MR) is 70.0 cm³/mol. The van der Waals surface area contributed by atoms with Crippen molar-refractivity contribution >= 4 is 0 Å². The zero-order chi connectivity index (χ0) is 13.2. The molecule has 0 N–H and O–H groups in total. The lowest BCUT2D eigenvalue weighted by molar-refractivity contribution is 0.289. The van der Waals surface area contributed by atoms with Crippen molar-refractivity contribution in [1.82, 2.24) is 4.98 Å². The van der Waals surface area contributed by atoms with Crippen molar-refractivity contribution in [3.8, 4) is 22.8 Å². The number of halogens is 1. The molecule has 98 valence electrons. The number of fused-ring (bicyclic) bond motifs is 1. The van der Waals surface area contributed by atoms with Gasteiger partial charge in [0, 0.05) is 17.3 Å².